The molecule has 0 bridgehead atoms. The van der Waals surface area contributed by atoms with Crippen molar-refractivity contribution >= 4 is 29.0 Å². The summed E-state index contributed by atoms with van der Waals surface area (Å²) in [6.45, 7) is 0. The van der Waals surface area contributed by atoms with Crippen LogP contribution in [0.25, 0.3) is 10.8 Å². The summed E-state index contributed by atoms with van der Waals surface area (Å²) in [5.41, 5.74) is 2.10. The zero-order valence-electron chi connectivity index (χ0n) is 10.5. The minimum absolute atomic E-state index is 0.123. The van der Waals surface area contributed by atoms with Crippen molar-refractivity contribution in [3.63, 3.8) is 0 Å². The van der Waals surface area contributed by atoms with E-state index >= 15 is 0 Å². The lowest BCUT2D eigenvalue weighted by atomic mass is 10.4. The second-order valence-corrected chi connectivity index (χ2v) is 5.67. The first-order valence-electron chi connectivity index (χ1n) is 5.73. The minimum Gasteiger partial charge on any atom is -0.410 e. The van der Waals surface area contributed by atoms with Crippen LogP contribution in [0.4, 0.5) is 0 Å². The molecule has 0 aromatic carbocycles. The minimum atomic E-state index is -0.507. The molecular weight excluding hydrogens is 314 g/mol. The highest BCUT2D eigenvalue weighted by Gasteiger charge is 2.14. The molecule has 3 rings (SSSR count). The fourth-order valence-corrected chi connectivity index (χ4v) is 2.75. The number of rotatable bonds is 5. The zero-order valence-corrected chi connectivity index (χ0v) is 12.1. The van der Waals surface area contributed by atoms with Gasteiger partial charge in [-0.3, -0.25) is 10.2 Å². The van der Waals surface area contributed by atoms with E-state index in [2.05, 4.69) is 15.4 Å². The molecule has 0 saturated heterocycles. The van der Waals surface area contributed by atoms with Crippen molar-refractivity contribution in [2.45, 2.75) is 11.0 Å². The van der Waals surface area contributed by atoms with Crippen LogP contribution in [0.15, 0.2) is 37.7 Å². The summed E-state index contributed by atoms with van der Waals surface area (Å²) in [7, 11) is 0. The van der Waals surface area contributed by atoms with E-state index in [-0.39, 0.29) is 5.69 Å². The van der Waals surface area contributed by atoms with Crippen molar-refractivity contribution in [2.24, 2.45) is 5.84 Å². The van der Waals surface area contributed by atoms with Crippen molar-refractivity contribution in [2.75, 3.05) is 0 Å². The number of nitrogen functional groups attached to an aromatic ring is 1. The van der Waals surface area contributed by atoms with Gasteiger partial charge in [0, 0.05) is 6.07 Å². The zero-order chi connectivity index (χ0) is 14.7. The lowest BCUT2D eigenvalue weighted by Gasteiger charge is -1.90. The Bertz CT molecular complexity index is 737. The number of carbonyl (C=O) groups excluding carboxylic acids is 1. The van der Waals surface area contributed by atoms with Crippen molar-refractivity contribution in [3.8, 4) is 10.8 Å². The summed E-state index contributed by atoms with van der Waals surface area (Å²) in [5.74, 6) is 5.90. The van der Waals surface area contributed by atoms with Crippen LogP contribution in [-0.4, -0.2) is 21.3 Å². The Hall–Kier alpha value is -2.17. The monoisotopic (exact) mass is 323 g/mol. The predicted molar refractivity (Wildman–Crippen MR) is 75.3 cm³/mol. The standard InChI is InChI=1S/C11H9N5O3S2/c12-13-9(17)7-4-6(19-16-7)5-21-11-15-14-10(18-11)8-2-1-3-20-8/h1-4H,5,12H2,(H,13,17). The second-order valence-electron chi connectivity index (χ2n) is 3.79. The summed E-state index contributed by atoms with van der Waals surface area (Å²) in [6.07, 6.45) is 0. The third-order valence-corrected chi connectivity index (χ3v) is 4.10. The van der Waals surface area contributed by atoms with Gasteiger partial charge in [0.2, 0.25) is 0 Å². The van der Waals surface area contributed by atoms with Gasteiger partial charge in [-0.25, -0.2) is 5.84 Å². The van der Waals surface area contributed by atoms with Gasteiger partial charge < -0.3 is 8.94 Å². The molecule has 8 nitrogen and oxygen atoms in total. The SMILES string of the molecule is NNC(=O)c1cc(CSc2nnc(-c3cccs3)o2)on1. The lowest BCUT2D eigenvalue weighted by Crippen LogP contribution is -2.30. The van der Waals surface area contributed by atoms with Crippen LogP contribution in [0.3, 0.4) is 0 Å². The summed E-state index contributed by atoms with van der Waals surface area (Å²) in [4.78, 5) is 12.1. The number of thioether (sulfide) groups is 1. The summed E-state index contributed by atoms with van der Waals surface area (Å²) >= 11 is 2.81. The largest absolute Gasteiger partial charge is 0.410 e. The predicted octanol–water partition coefficient (Wildman–Crippen LogP) is 1.68. The summed E-state index contributed by atoms with van der Waals surface area (Å²) in [6, 6.07) is 5.32. The normalized spacial score (nSPS) is 10.7. The number of amides is 1. The quantitative estimate of drug-likeness (QED) is 0.315. The molecule has 3 heterocycles. The van der Waals surface area contributed by atoms with Crippen molar-refractivity contribution in [1.82, 2.24) is 20.8 Å². The molecule has 0 aliphatic rings. The van der Waals surface area contributed by atoms with Crippen LogP contribution in [0, 0.1) is 0 Å². The summed E-state index contributed by atoms with van der Waals surface area (Å²) in [5, 5.41) is 13.9. The van der Waals surface area contributed by atoms with Gasteiger partial charge in [-0.15, -0.1) is 21.5 Å². The highest BCUT2D eigenvalue weighted by Crippen LogP contribution is 2.28. The number of carbonyl (C=O) groups is 1. The number of hydrazine groups is 1. The second kappa shape index (κ2) is 6.08. The third-order valence-electron chi connectivity index (χ3n) is 2.40. The Morgan fingerprint density at radius 2 is 2.38 bits per heavy atom. The van der Waals surface area contributed by atoms with Gasteiger partial charge in [-0.1, -0.05) is 23.0 Å². The number of aromatic nitrogens is 3. The molecule has 108 valence electrons. The average Bonchev–Trinajstić information content (AvgIpc) is 3.23. The Kier molecular flexibility index (Phi) is 3.99. The Labute approximate surface area is 126 Å². The van der Waals surface area contributed by atoms with E-state index in [9.17, 15) is 4.79 Å². The maximum Gasteiger partial charge on any atom is 0.287 e. The van der Waals surface area contributed by atoms with E-state index in [1.54, 1.807) is 0 Å². The Morgan fingerprint density at radius 1 is 1.48 bits per heavy atom. The van der Waals surface area contributed by atoms with Crippen LogP contribution in [0.5, 0.6) is 0 Å². The van der Waals surface area contributed by atoms with Crippen LogP contribution in [0.1, 0.15) is 16.2 Å². The van der Waals surface area contributed by atoms with Crippen LogP contribution in [0.2, 0.25) is 0 Å². The van der Waals surface area contributed by atoms with Gasteiger partial charge >= 0.3 is 0 Å². The molecule has 0 fully saturated rings. The van der Waals surface area contributed by atoms with E-state index in [4.69, 9.17) is 14.8 Å². The van der Waals surface area contributed by atoms with E-state index in [1.807, 2.05) is 22.9 Å². The van der Waals surface area contributed by atoms with Crippen LogP contribution >= 0.6 is 23.1 Å². The van der Waals surface area contributed by atoms with Gasteiger partial charge in [-0.05, 0) is 11.4 Å². The maximum absolute atomic E-state index is 11.2. The Balaban J connectivity index is 1.63. The first kappa shape index (κ1) is 13.8. The highest BCUT2D eigenvalue weighted by atomic mass is 32.2. The van der Waals surface area contributed by atoms with Gasteiger partial charge in [0.25, 0.3) is 17.0 Å². The van der Waals surface area contributed by atoms with Crippen LogP contribution < -0.4 is 11.3 Å². The molecule has 0 spiro atoms. The molecular formula is C11H9N5O3S2. The van der Waals surface area contributed by atoms with E-state index in [0.717, 1.165) is 4.88 Å². The fraction of sp³-hybridized carbons (Fsp3) is 0.0909. The molecule has 10 heteroatoms. The molecule has 0 saturated carbocycles. The fourth-order valence-electron chi connectivity index (χ4n) is 1.46. The summed E-state index contributed by atoms with van der Waals surface area (Å²) < 4.78 is 10.5. The van der Waals surface area contributed by atoms with Crippen LogP contribution in [-0.2, 0) is 5.75 Å². The third kappa shape index (κ3) is 3.12. The van der Waals surface area contributed by atoms with E-state index in [0.29, 0.717) is 22.6 Å². The molecule has 0 radical (unpaired) electrons. The lowest BCUT2D eigenvalue weighted by molar-refractivity contribution is 0.0944. The van der Waals surface area contributed by atoms with E-state index < -0.39 is 5.91 Å². The molecule has 0 unspecified atom stereocenters. The number of nitrogens with two attached hydrogens (primary N) is 1. The van der Waals surface area contributed by atoms with Gasteiger partial charge in [0.05, 0.1) is 10.6 Å². The first-order valence-corrected chi connectivity index (χ1v) is 7.59. The van der Waals surface area contributed by atoms with Gasteiger partial charge in [0.15, 0.2) is 5.69 Å². The maximum atomic E-state index is 11.2. The van der Waals surface area contributed by atoms with E-state index in [1.165, 1.54) is 29.2 Å². The number of nitrogens with zero attached hydrogens (tertiary/aromatic N) is 3. The van der Waals surface area contributed by atoms with Gasteiger partial charge in [0.1, 0.15) is 5.76 Å². The number of hydrogen-bond donors (Lipinski definition) is 2. The molecule has 21 heavy (non-hydrogen) atoms. The smallest absolute Gasteiger partial charge is 0.287 e. The topological polar surface area (TPSA) is 120 Å². The number of thiophene rings is 1. The van der Waals surface area contributed by atoms with Crippen molar-refractivity contribution < 1.29 is 13.7 Å². The number of nitrogens with one attached hydrogen (secondary N) is 1. The Morgan fingerprint density at radius 3 is 3.14 bits per heavy atom. The highest BCUT2D eigenvalue weighted by molar-refractivity contribution is 7.98. The van der Waals surface area contributed by atoms with Gasteiger partial charge in [-0.2, -0.15) is 0 Å². The molecule has 3 aromatic heterocycles. The molecule has 0 aliphatic carbocycles. The van der Waals surface area contributed by atoms with Crippen molar-refractivity contribution in [1.29, 1.82) is 0 Å². The molecule has 3 N–H and O–H groups in total. The first-order chi connectivity index (χ1) is 10.3. The molecule has 1 amide bonds. The molecule has 0 aliphatic heterocycles. The number of hydrogen-bond acceptors (Lipinski definition) is 9. The molecule has 0 atom stereocenters. The molecule has 3 aromatic rings. The average molecular weight is 323 g/mol. The van der Waals surface area contributed by atoms with Crippen molar-refractivity contribution in [3.05, 3.63) is 35.0 Å².